The van der Waals surface area contributed by atoms with E-state index in [1.165, 1.54) is 32.4 Å². The van der Waals surface area contributed by atoms with Gasteiger partial charge in [-0.05, 0) is 38.9 Å². The number of nitrogens with zero attached hydrogens (tertiary/aromatic N) is 1. The molecule has 1 N–H and O–H groups in total. The maximum absolute atomic E-state index is 3.80. The summed E-state index contributed by atoms with van der Waals surface area (Å²) in [5.74, 6) is 0. The molecule has 2 heteroatoms. The first-order valence-electron chi connectivity index (χ1n) is 6.27. The van der Waals surface area contributed by atoms with E-state index in [0.29, 0.717) is 6.04 Å². The zero-order valence-corrected chi connectivity index (χ0v) is 10.8. The summed E-state index contributed by atoms with van der Waals surface area (Å²) in [6.45, 7) is 15.0. The molecule has 0 aliphatic heterocycles. The van der Waals surface area contributed by atoms with E-state index in [0.717, 1.165) is 13.1 Å². The molecule has 0 radical (unpaired) electrons. The molecular formula is C13H28N2. The molecule has 0 aromatic rings. The predicted molar refractivity (Wildman–Crippen MR) is 69.3 cm³/mol. The smallest absolute Gasteiger partial charge is 0.0160 e. The van der Waals surface area contributed by atoms with E-state index >= 15 is 0 Å². The first-order valence-corrected chi connectivity index (χ1v) is 6.27. The van der Waals surface area contributed by atoms with E-state index in [-0.39, 0.29) is 0 Å². The van der Waals surface area contributed by atoms with Gasteiger partial charge in [0.15, 0.2) is 0 Å². The second kappa shape index (κ2) is 10.2. The van der Waals surface area contributed by atoms with Crippen LogP contribution in [0.25, 0.3) is 0 Å². The molecule has 0 fully saturated rings. The van der Waals surface area contributed by atoms with Gasteiger partial charge in [0.05, 0.1) is 0 Å². The largest absolute Gasteiger partial charge is 0.315 e. The number of rotatable bonds is 10. The number of hydrogen-bond donors (Lipinski definition) is 1. The van der Waals surface area contributed by atoms with Crippen LogP contribution in [0.15, 0.2) is 12.7 Å². The lowest BCUT2D eigenvalue weighted by atomic mass is 10.2. The van der Waals surface area contributed by atoms with Gasteiger partial charge in [-0.15, -0.1) is 6.58 Å². The van der Waals surface area contributed by atoms with E-state index in [2.05, 4.69) is 37.6 Å². The van der Waals surface area contributed by atoms with E-state index in [1.54, 1.807) is 0 Å². The number of hydrogen-bond acceptors (Lipinski definition) is 2. The van der Waals surface area contributed by atoms with Crippen molar-refractivity contribution in [3.8, 4) is 0 Å². The Hall–Kier alpha value is -0.340. The minimum absolute atomic E-state index is 0.616. The molecule has 0 aliphatic rings. The van der Waals surface area contributed by atoms with E-state index in [4.69, 9.17) is 0 Å². The Labute approximate surface area is 95.7 Å². The van der Waals surface area contributed by atoms with Crippen LogP contribution >= 0.6 is 0 Å². The highest BCUT2D eigenvalue weighted by Gasteiger charge is 2.00. The molecule has 0 bridgehead atoms. The molecule has 15 heavy (non-hydrogen) atoms. The van der Waals surface area contributed by atoms with Crippen LogP contribution in [0, 0.1) is 0 Å². The summed E-state index contributed by atoms with van der Waals surface area (Å²) in [6, 6.07) is 0.616. The van der Waals surface area contributed by atoms with Crippen molar-refractivity contribution in [2.45, 2.75) is 46.1 Å². The molecule has 0 spiro atoms. The summed E-state index contributed by atoms with van der Waals surface area (Å²) < 4.78 is 0. The van der Waals surface area contributed by atoms with E-state index in [1.807, 2.05) is 6.08 Å². The van der Waals surface area contributed by atoms with Gasteiger partial charge in [-0.1, -0.05) is 26.8 Å². The average Bonchev–Trinajstić information content (AvgIpc) is 2.17. The molecule has 0 rings (SSSR count). The molecule has 0 amide bonds. The van der Waals surface area contributed by atoms with Crippen LogP contribution in [0.4, 0.5) is 0 Å². The van der Waals surface area contributed by atoms with Crippen molar-refractivity contribution in [3.05, 3.63) is 12.7 Å². The lowest BCUT2D eigenvalue weighted by molar-refractivity contribution is 0.295. The van der Waals surface area contributed by atoms with Crippen LogP contribution < -0.4 is 5.32 Å². The maximum atomic E-state index is 3.80. The van der Waals surface area contributed by atoms with Crippen molar-refractivity contribution in [1.82, 2.24) is 10.2 Å². The van der Waals surface area contributed by atoms with Gasteiger partial charge in [-0.25, -0.2) is 0 Å². The summed E-state index contributed by atoms with van der Waals surface area (Å²) in [6.07, 6.45) is 5.79. The third kappa shape index (κ3) is 9.95. The van der Waals surface area contributed by atoms with Crippen molar-refractivity contribution < 1.29 is 0 Å². The molecule has 90 valence electrons. The van der Waals surface area contributed by atoms with Gasteiger partial charge in [0.25, 0.3) is 0 Å². The van der Waals surface area contributed by atoms with Crippen LogP contribution in [0.1, 0.15) is 40.0 Å². The SMILES string of the molecule is C=CCN(CCC)CCCCNC(C)C. The molecule has 0 aromatic carbocycles. The van der Waals surface area contributed by atoms with Crippen molar-refractivity contribution in [1.29, 1.82) is 0 Å². The molecular weight excluding hydrogens is 184 g/mol. The molecule has 0 heterocycles. The second-order valence-electron chi connectivity index (χ2n) is 4.41. The predicted octanol–water partition coefficient (Wildman–Crippen LogP) is 2.66. The summed E-state index contributed by atoms with van der Waals surface area (Å²) in [7, 11) is 0. The van der Waals surface area contributed by atoms with Gasteiger partial charge >= 0.3 is 0 Å². The van der Waals surface area contributed by atoms with E-state index in [9.17, 15) is 0 Å². The molecule has 0 unspecified atom stereocenters. The maximum Gasteiger partial charge on any atom is 0.0160 e. The van der Waals surface area contributed by atoms with Crippen LogP contribution in [0.3, 0.4) is 0 Å². The van der Waals surface area contributed by atoms with Crippen LogP contribution in [0.2, 0.25) is 0 Å². The number of unbranched alkanes of at least 4 members (excludes halogenated alkanes) is 1. The fraction of sp³-hybridized carbons (Fsp3) is 0.846. The fourth-order valence-electron chi connectivity index (χ4n) is 1.64. The quantitative estimate of drug-likeness (QED) is 0.442. The highest BCUT2D eigenvalue weighted by molar-refractivity contribution is 4.73. The Balaban J connectivity index is 3.40. The van der Waals surface area contributed by atoms with Crippen molar-refractivity contribution in [3.63, 3.8) is 0 Å². The normalized spacial score (nSPS) is 11.3. The summed E-state index contributed by atoms with van der Waals surface area (Å²) >= 11 is 0. The lowest BCUT2D eigenvalue weighted by Gasteiger charge is -2.19. The lowest BCUT2D eigenvalue weighted by Crippen LogP contribution is -2.28. The second-order valence-corrected chi connectivity index (χ2v) is 4.41. The van der Waals surface area contributed by atoms with Crippen LogP contribution in [0.5, 0.6) is 0 Å². The van der Waals surface area contributed by atoms with Gasteiger partial charge in [-0.3, -0.25) is 4.90 Å². The van der Waals surface area contributed by atoms with Crippen LogP contribution in [-0.2, 0) is 0 Å². The van der Waals surface area contributed by atoms with Crippen LogP contribution in [-0.4, -0.2) is 37.1 Å². The molecule has 0 aliphatic carbocycles. The van der Waals surface area contributed by atoms with Gasteiger partial charge < -0.3 is 5.32 Å². The Morgan fingerprint density at radius 2 is 2.00 bits per heavy atom. The molecule has 0 saturated carbocycles. The summed E-state index contributed by atoms with van der Waals surface area (Å²) in [5, 5.41) is 3.44. The monoisotopic (exact) mass is 212 g/mol. The zero-order chi connectivity index (χ0) is 11.5. The van der Waals surface area contributed by atoms with Gasteiger partial charge in [0.2, 0.25) is 0 Å². The molecule has 0 atom stereocenters. The van der Waals surface area contributed by atoms with E-state index < -0.39 is 0 Å². The van der Waals surface area contributed by atoms with Crippen molar-refractivity contribution >= 4 is 0 Å². The Bertz CT molecular complexity index is 143. The molecule has 0 saturated heterocycles. The summed E-state index contributed by atoms with van der Waals surface area (Å²) in [4.78, 5) is 2.47. The minimum Gasteiger partial charge on any atom is -0.315 e. The first kappa shape index (κ1) is 14.7. The minimum atomic E-state index is 0.616. The number of nitrogens with one attached hydrogen (secondary N) is 1. The molecule has 2 nitrogen and oxygen atoms in total. The standard InChI is InChI=1S/C13H28N2/c1-5-10-15(11-6-2)12-8-7-9-14-13(3)4/h5,13-14H,1,6-12H2,2-4H3. The molecule has 0 aromatic heterocycles. The summed E-state index contributed by atoms with van der Waals surface area (Å²) in [5.41, 5.74) is 0. The van der Waals surface area contributed by atoms with Crippen molar-refractivity contribution in [2.24, 2.45) is 0 Å². The highest BCUT2D eigenvalue weighted by atomic mass is 15.1. The topological polar surface area (TPSA) is 15.3 Å². The third-order valence-corrected chi connectivity index (χ3v) is 2.38. The zero-order valence-electron chi connectivity index (χ0n) is 10.8. The third-order valence-electron chi connectivity index (χ3n) is 2.38. The Morgan fingerprint density at radius 3 is 2.53 bits per heavy atom. The highest BCUT2D eigenvalue weighted by Crippen LogP contribution is 1.97. The van der Waals surface area contributed by atoms with Gasteiger partial charge in [-0.2, -0.15) is 0 Å². The van der Waals surface area contributed by atoms with Crippen molar-refractivity contribution in [2.75, 3.05) is 26.2 Å². The first-order chi connectivity index (χ1) is 7.20. The Morgan fingerprint density at radius 1 is 1.27 bits per heavy atom. The van der Waals surface area contributed by atoms with Gasteiger partial charge in [0.1, 0.15) is 0 Å². The fourth-order valence-corrected chi connectivity index (χ4v) is 1.64. The Kier molecular flexibility index (Phi) is 9.96. The van der Waals surface area contributed by atoms with Gasteiger partial charge in [0, 0.05) is 12.6 Å². The average molecular weight is 212 g/mol.